The Morgan fingerprint density at radius 1 is 0.958 bits per heavy atom. The third kappa shape index (κ3) is 2.18. The van der Waals surface area contributed by atoms with Gasteiger partial charge in [0.05, 0.1) is 0 Å². The lowest BCUT2D eigenvalue weighted by molar-refractivity contribution is 0.0675. The van der Waals surface area contributed by atoms with Gasteiger partial charge in [0.2, 0.25) is 0 Å². The quantitative estimate of drug-likeness (QED) is 0.861. The number of piperazine rings is 1. The second kappa shape index (κ2) is 5.74. The molecule has 1 aromatic rings. The van der Waals surface area contributed by atoms with E-state index in [1.54, 1.807) is 0 Å². The summed E-state index contributed by atoms with van der Waals surface area (Å²) in [6.45, 7) is 4.96. The highest BCUT2D eigenvalue weighted by atomic mass is 16.2. The van der Waals surface area contributed by atoms with E-state index in [0.717, 1.165) is 44.7 Å². The van der Waals surface area contributed by atoms with Gasteiger partial charge in [-0.25, -0.2) is 0 Å². The molecule has 0 saturated carbocycles. The maximum Gasteiger partial charge on any atom is 0.254 e. The third-order valence-corrected chi connectivity index (χ3v) is 6.34. The van der Waals surface area contributed by atoms with Gasteiger partial charge in [0.1, 0.15) is 0 Å². The molecule has 0 spiro atoms. The van der Waals surface area contributed by atoms with E-state index < -0.39 is 0 Å². The van der Waals surface area contributed by atoms with Crippen LogP contribution >= 0.6 is 0 Å². The molecule has 4 aliphatic rings. The van der Waals surface area contributed by atoms with Gasteiger partial charge in [0.15, 0.2) is 0 Å². The largest absolute Gasteiger partial charge is 0.363 e. The molecule has 2 bridgehead atoms. The first-order valence-corrected chi connectivity index (χ1v) is 9.45. The highest BCUT2D eigenvalue weighted by Crippen LogP contribution is 2.39. The summed E-state index contributed by atoms with van der Waals surface area (Å²) >= 11 is 0. The van der Waals surface area contributed by atoms with Gasteiger partial charge in [0, 0.05) is 61.1 Å². The van der Waals surface area contributed by atoms with Crippen molar-refractivity contribution >= 4 is 11.6 Å². The van der Waals surface area contributed by atoms with Crippen LogP contribution in [-0.4, -0.2) is 55.1 Å². The second-order valence-corrected chi connectivity index (χ2v) is 7.69. The van der Waals surface area contributed by atoms with E-state index in [-0.39, 0.29) is 5.91 Å². The van der Waals surface area contributed by atoms with Gasteiger partial charge in [-0.2, -0.15) is 0 Å². The van der Waals surface area contributed by atoms with Gasteiger partial charge in [-0.1, -0.05) is 6.07 Å². The van der Waals surface area contributed by atoms with E-state index in [4.69, 9.17) is 0 Å². The van der Waals surface area contributed by atoms with Gasteiger partial charge in [0.25, 0.3) is 5.91 Å². The standard InChI is InChI=1S/C19H26N4O/c24-19-16-4-1-5-18(23-14-6-7-15(23)11-21-10-14)17(16)12-22(19)13-3-2-8-20-9-13/h1,4-5,13-15,20-21H,2-3,6-12H2/t13?,14-,15+. The number of nitrogens with one attached hydrogen (secondary N) is 2. The Hall–Kier alpha value is -1.59. The monoisotopic (exact) mass is 326 g/mol. The summed E-state index contributed by atoms with van der Waals surface area (Å²) in [5.41, 5.74) is 3.53. The van der Waals surface area contributed by atoms with Crippen LogP contribution < -0.4 is 15.5 Å². The second-order valence-electron chi connectivity index (χ2n) is 7.69. The number of hydrogen-bond acceptors (Lipinski definition) is 4. The van der Waals surface area contributed by atoms with Crippen molar-refractivity contribution in [1.29, 1.82) is 0 Å². The van der Waals surface area contributed by atoms with E-state index in [9.17, 15) is 4.79 Å². The van der Waals surface area contributed by atoms with Gasteiger partial charge >= 0.3 is 0 Å². The lowest BCUT2D eigenvalue weighted by Crippen LogP contribution is -2.52. The smallest absolute Gasteiger partial charge is 0.254 e. The highest BCUT2D eigenvalue weighted by molar-refractivity contribution is 6.00. The molecule has 0 aromatic heterocycles. The van der Waals surface area contributed by atoms with E-state index in [1.807, 2.05) is 6.07 Å². The van der Waals surface area contributed by atoms with Crippen LogP contribution in [0.25, 0.3) is 0 Å². The molecule has 1 amide bonds. The molecule has 1 unspecified atom stereocenters. The minimum atomic E-state index is 0.239. The SMILES string of the molecule is O=C1c2cccc(N3[C@@H]4CC[C@H]3CNC4)c2CN1C1CCCNC1. The van der Waals surface area contributed by atoms with Crippen molar-refractivity contribution in [3.8, 4) is 0 Å². The number of benzene rings is 1. The molecule has 3 fully saturated rings. The number of nitrogens with zero attached hydrogens (tertiary/aromatic N) is 2. The zero-order valence-electron chi connectivity index (χ0n) is 14.1. The topological polar surface area (TPSA) is 47.6 Å². The van der Waals surface area contributed by atoms with Crippen molar-refractivity contribution in [2.45, 2.75) is 50.4 Å². The van der Waals surface area contributed by atoms with Crippen LogP contribution in [-0.2, 0) is 6.54 Å². The minimum Gasteiger partial charge on any atom is -0.363 e. The molecule has 4 aliphatic heterocycles. The fourth-order valence-corrected chi connectivity index (χ4v) is 5.15. The molecule has 0 radical (unpaired) electrons. The van der Waals surface area contributed by atoms with Crippen LogP contribution in [0.2, 0.25) is 0 Å². The van der Waals surface area contributed by atoms with Crippen LogP contribution in [0.4, 0.5) is 5.69 Å². The summed E-state index contributed by atoms with van der Waals surface area (Å²) in [5.74, 6) is 0.239. The van der Waals surface area contributed by atoms with E-state index in [1.165, 1.54) is 30.5 Å². The first kappa shape index (κ1) is 14.7. The summed E-state index contributed by atoms with van der Waals surface area (Å²) in [7, 11) is 0. The van der Waals surface area contributed by atoms with Crippen LogP contribution in [0, 0.1) is 0 Å². The van der Waals surface area contributed by atoms with Crippen LogP contribution in [0.5, 0.6) is 0 Å². The van der Waals surface area contributed by atoms with Gasteiger partial charge in [-0.05, 0) is 44.4 Å². The lowest BCUT2D eigenvalue weighted by Gasteiger charge is -2.38. The summed E-state index contributed by atoms with van der Waals surface area (Å²) in [6, 6.07) is 7.89. The molecule has 3 atom stereocenters. The number of amides is 1. The molecule has 5 heteroatoms. The first-order valence-electron chi connectivity index (χ1n) is 9.45. The highest BCUT2D eigenvalue weighted by Gasteiger charge is 2.41. The van der Waals surface area contributed by atoms with Gasteiger partial charge in [-0.3, -0.25) is 4.79 Å². The summed E-state index contributed by atoms with van der Waals surface area (Å²) in [5, 5.41) is 7.00. The number of anilines is 1. The number of carbonyl (C=O) groups excluding carboxylic acids is 1. The van der Waals surface area contributed by atoms with Crippen LogP contribution in [0.1, 0.15) is 41.6 Å². The Morgan fingerprint density at radius 2 is 1.75 bits per heavy atom. The predicted octanol–water partition coefficient (Wildman–Crippen LogP) is 1.34. The fourth-order valence-electron chi connectivity index (χ4n) is 5.15. The Balaban J connectivity index is 1.48. The van der Waals surface area contributed by atoms with Crippen LogP contribution in [0.3, 0.4) is 0 Å². The van der Waals surface area contributed by atoms with E-state index >= 15 is 0 Å². The molecule has 5 nitrogen and oxygen atoms in total. The maximum atomic E-state index is 13.0. The molecule has 1 aromatic carbocycles. The van der Waals surface area contributed by atoms with E-state index in [2.05, 4.69) is 32.6 Å². The average Bonchev–Trinajstić information content (AvgIpc) is 3.09. The molecule has 4 heterocycles. The zero-order chi connectivity index (χ0) is 16.1. The molecule has 24 heavy (non-hydrogen) atoms. The molecule has 0 aliphatic carbocycles. The Labute approximate surface area is 143 Å². The number of rotatable bonds is 2. The van der Waals surface area contributed by atoms with Crippen molar-refractivity contribution in [3.63, 3.8) is 0 Å². The summed E-state index contributed by atoms with van der Waals surface area (Å²) < 4.78 is 0. The van der Waals surface area contributed by atoms with Crippen LogP contribution in [0.15, 0.2) is 18.2 Å². The van der Waals surface area contributed by atoms with Crippen molar-refractivity contribution in [2.75, 3.05) is 31.1 Å². The molecular weight excluding hydrogens is 300 g/mol. The Bertz CT molecular complexity index is 639. The summed E-state index contributed by atoms with van der Waals surface area (Å²) in [6.07, 6.45) is 4.83. The lowest BCUT2D eigenvalue weighted by atomic mass is 10.0. The Morgan fingerprint density at radius 3 is 2.50 bits per heavy atom. The van der Waals surface area contributed by atoms with Gasteiger partial charge < -0.3 is 20.4 Å². The molecule has 5 rings (SSSR count). The average molecular weight is 326 g/mol. The fraction of sp³-hybridized carbons (Fsp3) is 0.632. The predicted molar refractivity (Wildman–Crippen MR) is 94.4 cm³/mol. The van der Waals surface area contributed by atoms with Crippen molar-refractivity contribution in [3.05, 3.63) is 29.3 Å². The van der Waals surface area contributed by atoms with Crippen molar-refractivity contribution in [2.24, 2.45) is 0 Å². The third-order valence-electron chi connectivity index (χ3n) is 6.34. The Kier molecular flexibility index (Phi) is 3.52. The number of hydrogen-bond donors (Lipinski definition) is 2. The van der Waals surface area contributed by atoms with Crippen molar-refractivity contribution < 1.29 is 4.79 Å². The molecular formula is C19H26N4O. The van der Waals surface area contributed by atoms with Crippen molar-refractivity contribution in [1.82, 2.24) is 15.5 Å². The minimum absolute atomic E-state index is 0.239. The molecule has 2 N–H and O–H groups in total. The molecule has 3 saturated heterocycles. The normalized spacial score (nSPS) is 32.3. The summed E-state index contributed by atoms with van der Waals surface area (Å²) in [4.78, 5) is 17.7. The zero-order valence-corrected chi connectivity index (χ0v) is 14.1. The maximum absolute atomic E-state index is 13.0. The molecule has 128 valence electrons. The number of piperidine rings is 1. The van der Waals surface area contributed by atoms with E-state index in [0.29, 0.717) is 18.1 Å². The number of carbonyl (C=O) groups is 1. The van der Waals surface area contributed by atoms with Gasteiger partial charge in [-0.15, -0.1) is 0 Å². The first-order chi connectivity index (χ1) is 11.8. The number of fused-ring (bicyclic) bond motifs is 3.